The van der Waals surface area contributed by atoms with Crippen LogP contribution >= 0.6 is 34.8 Å². The van der Waals surface area contributed by atoms with Crippen molar-refractivity contribution in [1.82, 2.24) is 10.2 Å². The van der Waals surface area contributed by atoms with Crippen molar-refractivity contribution in [3.63, 3.8) is 0 Å². The molecule has 0 bridgehead atoms. The Morgan fingerprint density at radius 1 is 0.810 bits per heavy atom. The number of hydrogen-bond acceptors (Lipinski definition) is 4. The maximum absolute atomic E-state index is 14.3. The Kier molecular flexibility index (Phi) is 10.5. The van der Waals surface area contributed by atoms with Crippen LogP contribution in [0.25, 0.3) is 0 Å². The Morgan fingerprint density at radius 2 is 1.38 bits per heavy atom. The lowest BCUT2D eigenvalue weighted by Crippen LogP contribution is -2.53. The Hall–Kier alpha value is -3.56. The van der Waals surface area contributed by atoms with Gasteiger partial charge in [0.15, 0.2) is 0 Å². The normalized spacial score (nSPS) is 11.9. The van der Waals surface area contributed by atoms with Gasteiger partial charge in [-0.15, -0.1) is 0 Å². The average Bonchev–Trinajstić information content (AvgIpc) is 2.98. The van der Waals surface area contributed by atoms with Gasteiger partial charge in [0, 0.05) is 35.1 Å². The van der Waals surface area contributed by atoms with Crippen molar-refractivity contribution in [3.8, 4) is 0 Å². The van der Waals surface area contributed by atoms with E-state index in [1.807, 2.05) is 30.3 Å². The third kappa shape index (κ3) is 7.63. The van der Waals surface area contributed by atoms with Gasteiger partial charge in [0.1, 0.15) is 12.6 Å². The van der Waals surface area contributed by atoms with Crippen LogP contribution in [0.2, 0.25) is 15.1 Å². The van der Waals surface area contributed by atoms with Gasteiger partial charge in [-0.3, -0.25) is 13.9 Å². The summed E-state index contributed by atoms with van der Waals surface area (Å²) in [5.41, 5.74) is 1.51. The van der Waals surface area contributed by atoms with Crippen molar-refractivity contribution in [2.45, 2.75) is 23.9 Å². The van der Waals surface area contributed by atoms with Gasteiger partial charge in [-0.2, -0.15) is 0 Å². The van der Waals surface area contributed by atoms with Gasteiger partial charge in [0.2, 0.25) is 11.8 Å². The number of nitrogens with zero attached hydrogens (tertiary/aromatic N) is 2. The molecule has 7 nitrogen and oxygen atoms in total. The van der Waals surface area contributed by atoms with Crippen molar-refractivity contribution in [3.05, 3.63) is 129 Å². The molecule has 4 aromatic rings. The summed E-state index contributed by atoms with van der Waals surface area (Å²) in [5.74, 6) is -1.04. The van der Waals surface area contributed by atoms with E-state index in [4.69, 9.17) is 34.8 Å². The van der Waals surface area contributed by atoms with Crippen LogP contribution in [0.4, 0.5) is 5.69 Å². The van der Waals surface area contributed by atoms with Crippen molar-refractivity contribution >= 4 is 62.3 Å². The highest BCUT2D eigenvalue weighted by Crippen LogP contribution is 2.30. The fourth-order valence-electron chi connectivity index (χ4n) is 4.46. The summed E-state index contributed by atoms with van der Waals surface area (Å²) in [7, 11) is -2.78. The smallest absolute Gasteiger partial charge is 0.264 e. The van der Waals surface area contributed by atoms with Crippen LogP contribution < -0.4 is 9.62 Å². The van der Waals surface area contributed by atoms with Gasteiger partial charge in [-0.05, 0) is 47.5 Å². The molecule has 0 saturated heterocycles. The second-order valence-electron chi connectivity index (χ2n) is 9.39. The van der Waals surface area contributed by atoms with E-state index in [1.165, 1.54) is 42.3 Å². The van der Waals surface area contributed by atoms with Crippen LogP contribution in [0, 0.1) is 0 Å². The highest BCUT2D eigenvalue weighted by Gasteiger charge is 2.34. The largest absolute Gasteiger partial charge is 0.357 e. The highest BCUT2D eigenvalue weighted by molar-refractivity contribution is 7.92. The highest BCUT2D eigenvalue weighted by atomic mass is 35.5. The van der Waals surface area contributed by atoms with E-state index in [0.717, 1.165) is 9.87 Å². The third-order valence-electron chi connectivity index (χ3n) is 6.56. The minimum absolute atomic E-state index is 0.0290. The molecule has 0 aliphatic heterocycles. The van der Waals surface area contributed by atoms with Crippen LogP contribution in [-0.4, -0.2) is 44.8 Å². The van der Waals surface area contributed by atoms with Gasteiger partial charge in [-0.25, -0.2) is 8.42 Å². The van der Waals surface area contributed by atoms with Crippen molar-refractivity contribution in [1.29, 1.82) is 0 Å². The predicted molar refractivity (Wildman–Crippen MR) is 167 cm³/mol. The molecule has 4 rings (SSSR count). The van der Waals surface area contributed by atoms with Gasteiger partial charge in [-0.1, -0.05) is 102 Å². The Morgan fingerprint density at radius 3 is 1.98 bits per heavy atom. The molecule has 0 spiro atoms. The van der Waals surface area contributed by atoms with Crippen molar-refractivity contribution < 1.29 is 18.0 Å². The summed E-state index contributed by atoms with van der Waals surface area (Å²) in [5, 5.41) is 3.43. The SMILES string of the molecule is CNC(=O)[C@H](Cc1ccccc1)N(Cc1ccccc1Cl)C(=O)CN(c1cc(Cl)cc(Cl)c1)S(=O)(=O)c1ccccc1. The quantitative estimate of drug-likeness (QED) is 0.210. The zero-order chi connectivity index (χ0) is 30.3. The first-order chi connectivity index (χ1) is 20.1. The number of amides is 2. The number of rotatable bonds is 11. The number of carbonyl (C=O) groups is 2. The summed E-state index contributed by atoms with van der Waals surface area (Å²) in [6.45, 7) is -0.681. The van der Waals surface area contributed by atoms with Crippen LogP contribution in [0.5, 0.6) is 0 Å². The van der Waals surface area contributed by atoms with Crippen LogP contribution in [-0.2, 0) is 32.6 Å². The number of likely N-dealkylation sites (N-methyl/N-ethyl adjacent to an activating group) is 1. The summed E-state index contributed by atoms with van der Waals surface area (Å²) in [6.07, 6.45) is 0.186. The summed E-state index contributed by atoms with van der Waals surface area (Å²) in [4.78, 5) is 28.9. The molecular formula is C31H28Cl3N3O4S. The van der Waals surface area contributed by atoms with Crippen molar-refractivity contribution in [2.24, 2.45) is 0 Å². The Bertz CT molecular complexity index is 1630. The number of halogens is 3. The van der Waals surface area contributed by atoms with Crippen LogP contribution in [0.15, 0.2) is 108 Å². The van der Waals surface area contributed by atoms with E-state index < -0.39 is 34.4 Å². The van der Waals surface area contributed by atoms with E-state index in [0.29, 0.717) is 10.6 Å². The van der Waals surface area contributed by atoms with Gasteiger partial charge in [0.25, 0.3) is 10.0 Å². The number of anilines is 1. The molecule has 42 heavy (non-hydrogen) atoms. The molecule has 2 amide bonds. The molecule has 1 N–H and O–H groups in total. The van der Waals surface area contributed by atoms with E-state index >= 15 is 0 Å². The molecule has 0 aromatic heterocycles. The molecule has 0 heterocycles. The monoisotopic (exact) mass is 643 g/mol. The fraction of sp³-hybridized carbons (Fsp3) is 0.161. The molecule has 218 valence electrons. The number of sulfonamides is 1. The van der Waals surface area contributed by atoms with Gasteiger partial charge in [0.05, 0.1) is 10.6 Å². The first-order valence-electron chi connectivity index (χ1n) is 12.9. The number of carbonyl (C=O) groups excluding carboxylic acids is 2. The molecular weight excluding hydrogens is 617 g/mol. The van der Waals surface area contributed by atoms with Gasteiger partial charge < -0.3 is 10.2 Å². The number of nitrogens with one attached hydrogen (secondary N) is 1. The van der Waals surface area contributed by atoms with Crippen LogP contribution in [0.1, 0.15) is 11.1 Å². The van der Waals surface area contributed by atoms with Gasteiger partial charge >= 0.3 is 0 Å². The Balaban J connectivity index is 1.81. The number of benzene rings is 4. The summed E-state index contributed by atoms with van der Waals surface area (Å²) in [6, 6.07) is 27.3. The lowest BCUT2D eigenvalue weighted by Gasteiger charge is -2.33. The topological polar surface area (TPSA) is 86.8 Å². The maximum atomic E-state index is 14.3. The lowest BCUT2D eigenvalue weighted by atomic mass is 10.0. The summed E-state index contributed by atoms with van der Waals surface area (Å²) < 4.78 is 28.8. The zero-order valence-corrected chi connectivity index (χ0v) is 25.7. The molecule has 0 aliphatic rings. The van der Waals surface area contributed by atoms with E-state index in [-0.39, 0.29) is 33.6 Å². The number of hydrogen-bond donors (Lipinski definition) is 1. The summed E-state index contributed by atoms with van der Waals surface area (Å²) >= 11 is 19.0. The molecule has 0 aliphatic carbocycles. The van der Waals surface area contributed by atoms with E-state index in [1.54, 1.807) is 42.5 Å². The maximum Gasteiger partial charge on any atom is 0.264 e. The average molecular weight is 645 g/mol. The molecule has 0 radical (unpaired) electrons. The third-order valence-corrected chi connectivity index (χ3v) is 9.15. The minimum atomic E-state index is -4.27. The predicted octanol–water partition coefficient (Wildman–Crippen LogP) is 6.23. The minimum Gasteiger partial charge on any atom is -0.357 e. The molecule has 0 saturated carbocycles. The molecule has 11 heteroatoms. The first kappa shape index (κ1) is 31.4. The fourth-order valence-corrected chi connectivity index (χ4v) is 6.59. The second-order valence-corrected chi connectivity index (χ2v) is 12.5. The molecule has 1 atom stereocenters. The van der Waals surface area contributed by atoms with E-state index in [9.17, 15) is 18.0 Å². The molecule has 4 aromatic carbocycles. The Labute approximate surface area is 260 Å². The second kappa shape index (κ2) is 14.1. The van der Waals surface area contributed by atoms with Crippen LogP contribution in [0.3, 0.4) is 0 Å². The van der Waals surface area contributed by atoms with Crippen molar-refractivity contribution in [2.75, 3.05) is 17.9 Å². The molecule has 0 fully saturated rings. The van der Waals surface area contributed by atoms with E-state index in [2.05, 4.69) is 5.32 Å². The lowest BCUT2D eigenvalue weighted by molar-refractivity contribution is -0.139. The molecule has 0 unspecified atom stereocenters. The first-order valence-corrected chi connectivity index (χ1v) is 15.5. The zero-order valence-electron chi connectivity index (χ0n) is 22.6. The standard InChI is InChI=1S/C31H28Cl3N3O4S/c1-35-31(39)29(16-22-10-4-2-5-11-22)36(20-23-12-8-9-15-28(23)34)30(38)21-37(26-18-24(32)17-25(33)19-26)42(40,41)27-13-6-3-7-14-27/h2-15,17-19,29H,16,20-21H2,1H3,(H,35,39)/t29-/m0/s1.